The van der Waals surface area contributed by atoms with Gasteiger partial charge >= 0.3 is 5.97 Å². The molecule has 0 saturated heterocycles. The van der Waals surface area contributed by atoms with Crippen LogP contribution in [-0.2, 0) is 35.5 Å². The largest absolute Gasteiger partial charge is 0.497 e. The SMILES string of the molecule is CCOC(=O)Cc1ccc(Cc2nc(-c3c(F)cccc3F)nc3c2C(=O)N(Cc2ccc(OC)cc2OC)C3)cc1. The summed E-state index contributed by atoms with van der Waals surface area (Å²) < 4.78 is 45.3. The molecule has 1 aliphatic rings. The number of hydrogen-bond donors (Lipinski definition) is 0. The average Bonchev–Trinajstić information content (AvgIpc) is 3.29. The maximum absolute atomic E-state index is 14.8. The third kappa shape index (κ3) is 5.93. The number of halogens is 2. The molecule has 42 heavy (non-hydrogen) atoms. The van der Waals surface area contributed by atoms with Gasteiger partial charge in [0.2, 0.25) is 0 Å². The van der Waals surface area contributed by atoms with Crippen LogP contribution in [0, 0.1) is 11.6 Å². The first-order valence-electron chi connectivity index (χ1n) is 13.4. The van der Waals surface area contributed by atoms with E-state index in [2.05, 4.69) is 9.97 Å². The van der Waals surface area contributed by atoms with Gasteiger partial charge in [-0.2, -0.15) is 0 Å². The molecule has 0 spiro atoms. The van der Waals surface area contributed by atoms with Crippen LogP contribution in [0.25, 0.3) is 11.4 Å². The second-order valence-electron chi connectivity index (χ2n) is 9.73. The fraction of sp³-hybridized carbons (Fsp3) is 0.250. The number of ether oxygens (including phenoxy) is 3. The van der Waals surface area contributed by atoms with Crippen molar-refractivity contribution in [1.29, 1.82) is 0 Å². The highest BCUT2D eigenvalue weighted by Gasteiger charge is 2.34. The number of methoxy groups -OCH3 is 2. The summed E-state index contributed by atoms with van der Waals surface area (Å²) in [6.45, 7) is 2.39. The molecule has 0 aliphatic carbocycles. The molecule has 216 valence electrons. The fourth-order valence-electron chi connectivity index (χ4n) is 4.94. The molecule has 10 heteroatoms. The van der Waals surface area contributed by atoms with Crippen molar-refractivity contribution >= 4 is 11.9 Å². The lowest BCUT2D eigenvalue weighted by atomic mass is 10.0. The van der Waals surface area contributed by atoms with Crippen LogP contribution in [0.1, 0.15) is 45.4 Å². The third-order valence-electron chi connectivity index (χ3n) is 6.99. The Morgan fingerprint density at radius 2 is 1.64 bits per heavy atom. The number of amides is 1. The normalized spacial score (nSPS) is 12.3. The number of rotatable bonds is 10. The summed E-state index contributed by atoms with van der Waals surface area (Å²) in [5.74, 6) is -1.17. The van der Waals surface area contributed by atoms with Crippen LogP contribution in [0.2, 0.25) is 0 Å². The highest BCUT2D eigenvalue weighted by Crippen LogP contribution is 2.33. The van der Waals surface area contributed by atoms with E-state index in [4.69, 9.17) is 14.2 Å². The van der Waals surface area contributed by atoms with Crippen molar-refractivity contribution in [2.45, 2.75) is 32.9 Å². The summed E-state index contributed by atoms with van der Waals surface area (Å²) in [5, 5.41) is 0. The van der Waals surface area contributed by atoms with Crippen LogP contribution >= 0.6 is 0 Å². The molecule has 1 amide bonds. The molecule has 0 saturated carbocycles. The fourth-order valence-corrected chi connectivity index (χ4v) is 4.94. The molecular weight excluding hydrogens is 544 g/mol. The number of benzene rings is 3. The number of carbonyl (C=O) groups excluding carboxylic acids is 2. The predicted octanol–water partition coefficient (Wildman–Crippen LogP) is 5.29. The summed E-state index contributed by atoms with van der Waals surface area (Å²) in [6.07, 6.45) is 0.342. The maximum atomic E-state index is 14.8. The Bertz CT molecular complexity index is 1620. The first-order valence-corrected chi connectivity index (χ1v) is 13.4. The number of nitrogens with zero attached hydrogens (tertiary/aromatic N) is 3. The molecule has 0 bridgehead atoms. The minimum atomic E-state index is -0.798. The van der Waals surface area contributed by atoms with Crippen molar-refractivity contribution in [1.82, 2.24) is 14.9 Å². The molecular formula is C32H29F2N3O5. The van der Waals surface area contributed by atoms with Gasteiger partial charge in [0.15, 0.2) is 5.82 Å². The van der Waals surface area contributed by atoms with Crippen molar-refractivity contribution in [2.24, 2.45) is 0 Å². The quantitative estimate of drug-likeness (QED) is 0.238. The van der Waals surface area contributed by atoms with Gasteiger partial charge < -0.3 is 19.1 Å². The predicted molar refractivity (Wildman–Crippen MR) is 150 cm³/mol. The first kappa shape index (κ1) is 28.7. The van der Waals surface area contributed by atoms with Crippen LogP contribution in [0.3, 0.4) is 0 Å². The van der Waals surface area contributed by atoms with Crippen molar-refractivity contribution < 1.29 is 32.6 Å². The molecule has 5 rings (SSSR count). The molecule has 0 N–H and O–H groups in total. The summed E-state index contributed by atoms with van der Waals surface area (Å²) in [7, 11) is 3.09. The van der Waals surface area contributed by atoms with Gasteiger partial charge in [-0.05, 0) is 42.3 Å². The molecule has 0 unspecified atom stereocenters. The maximum Gasteiger partial charge on any atom is 0.310 e. The molecule has 0 atom stereocenters. The van der Waals surface area contributed by atoms with Crippen molar-refractivity contribution in [2.75, 3.05) is 20.8 Å². The third-order valence-corrected chi connectivity index (χ3v) is 6.99. The molecule has 0 fully saturated rings. The van der Waals surface area contributed by atoms with E-state index in [9.17, 15) is 18.4 Å². The van der Waals surface area contributed by atoms with Crippen molar-refractivity contribution in [3.05, 3.63) is 106 Å². The Morgan fingerprint density at radius 1 is 0.929 bits per heavy atom. The van der Waals surface area contributed by atoms with Crippen LogP contribution in [-0.4, -0.2) is 47.6 Å². The Hall–Kier alpha value is -4.86. The van der Waals surface area contributed by atoms with Gasteiger partial charge in [0.05, 0.1) is 62.9 Å². The Labute approximate surface area is 241 Å². The summed E-state index contributed by atoms with van der Waals surface area (Å²) in [5.41, 5.74) is 3.01. The van der Waals surface area contributed by atoms with Gasteiger partial charge in [-0.3, -0.25) is 9.59 Å². The van der Waals surface area contributed by atoms with E-state index in [0.717, 1.165) is 28.8 Å². The van der Waals surface area contributed by atoms with Gasteiger partial charge in [-0.1, -0.05) is 30.3 Å². The molecule has 1 aliphatic heterocycles. The smallest absolute Gasteiger partial charge is 0.310 e. The Morgan fingerprint density at radius 3 is 2.31 bits per heavy atom. The number of fused-ring (bicyclic) bond motifs is 1. The number of esters is 1. The van der Waals surface area contributed by atoms with E-state index >= 15 is 0 Å². The molecule has 3 aromatic carbocycles. The standard InChI is InChI=1S/C32H29F2N3O5/c1-4-42-28(38)15-20-10-8-19(9-11-20)14-25-30-26(36-31(35-25)29-23(33)6-5-7-24(29)34)18-37(32(30)39)17-21-12-13-22(40-2)16-27(21)41-3/h5-13,16H,4,14-15,17-18H2,1-3H3. The number of carbonyl (C=O) groups is 2. The van der Waals surface area contributed by atoms with Gasteiger partial charge in [-0.15, -0.1) is 0 Å². The van der Waals surface area contributed by atoms with Crippen LogP contribution in [0.4, 0.5) is 8.78 Å². The summed E-state index contributed by atoms with van der Waals surface area (Å²) in [6, 6.07) is 16.1. The summed E-state index contributed by atoms with van der Waals surface area (Å²) >= 11 is 0. The van der Waals surface area contributed by atoms with E-state index in [1.165, 1.54) is 13.2 Å². The van der Waals surface area contributed by atoms with Crippen LogP contribution < -0.4 is 9.47 Å². The van der Waals surface area contributed by atoms with Crippen molar-refractivity contribution in [3.8, 4) is 22.9 Å². The lowest BCUT2D eigenvalue weighted by Crippen LogP contribution is -2.24. The zero-order valence-electron chi connectivity index (χ0n) is 23.4. The minimum Gasteiger partial charge on any atom is -0.497 e. The lowest BCUT2D eigenvalue weighted by molar-refractivity contribution is -0.142. The number of hydrogen-bond acceptors (Lipinski definition) is 7. The van der Waals surface area contributed by atoms with E-state index in [1.54, 1.807) is 43.2 Å². The molecule has 2 heterocycles. The second kappa shape index (κ2) is 12.3. The van der Waals surface area contributed by atoms with Crippen LogP contribution in [0.5, 0.6) is 11.5 Å². The zero-order valence-corrected chi connectivity index (χ0v) is 23.4. The monoisotopic (exact) mass is 573 g/mol. The molecule has 4 aromatic rings. The topological polar surface area (TPSA) is 90.9 Å². The van der Waals surface area contributed by atoms with E-state index in [-0.39, 0.29) is 49.2 Å². The molecule has 0 radical (unpaired) electrons. The van der Waals surface area contributed by atoms with Gasteiger partial charge in [0, 0.05) is 18.1 Å². The lowest BCUT2D eigenvalue weighted by Gasteiger charge is -2.18. The Balaban J connectivity index is 1.50. The van der Waals surface area contributed by atoms with E-state index < -0.39 is 11.6 Å². The second-order valence-corrected chi connectivity index (χ2v) is 9.73. The molecule has 8 nitrogen and oxygen atoms in total. The average molecular weight is 574 g/mol. The van der Waals surface area contributed by atoms with E-state index in [1.807, 2.05) is 18.2 Å². The highest BCUT2D eigenvalue weighted by molar-refractivity contribution is 5.99. The Kier molecular flexibility index (Phi) is 8.42. The summed E-state index contributed by atoms with van der Waals surface area (Å²) in [4.78, 5) is 36.2. The van der Waals surface area contributed by atoms with Gasteiger partial charge in [0.25, 0.3) is 5.91 Å². The van der Waals surface area contributed by atoms with Crippen molar-refractivity contribution in [3.63, 3.8) is 0 Å². The van der Waals surface area contributed by atoms with E-state index in [0.29, 0.717) is 35.1 Å². The molecule has 1 aromatic heterocycles. The van der Waals surface area contributed by atoms with Gasteiger partial charge in [-0.25, -0.2) is 18.7 Å². The van der Waals surface area contributed by atoms with Gasteiger partial charge in [0.1, 0.15) is 23.1 Å². The first-order chi connectivity index (χ1) is 20.3. The minimum absolute atomic E-state index is 0.125. The van der Waals surface area contributed by atoms with Crippen LogP contribution in [0.15, 0.2) is 60.7 Å². The zero-order chi connectivity index (χ0) is 29.8. The number of aromatic nitrogens is 2. The highest BCUT2D eigenvalue weighted by atomic mass is 19.1.